The Balaban J connectivity index is 1.66. The molecule has 1 spiro atoms. The molecule has 0 aromatic heterocycles. The Hall–Kier alpha value is -1.75. The zero-order valence-electron chi connectivity index (χ0n) is 20.2. The van der Waals surface area contributed by atoms with Crippen LogP contribution in [-0.2, 0) is 9.53 Å². The largest absolute Gasteiger partial charge is 0.493 e. The highest BCUT2D eigenvalue weighted by Gasteiger charge is 2.68. The number of hydrogen-bond acceptors (Lipinski definition) is 4. The van der Waals surface area contributed by atoms with Crippen LogP contribution in [-0.4, -0.2) is 31.8 Å². The van der Waals surface area contributed by atoms with Gasteiger partial charge in [0.05, 0.1) is 19.3 Å². The van der Waals surface area contributed by atoms with Crippen molar-refractivity contribution in [1.29, 1.82) is 0 Å². The van der Waals surface area contributed by atoms with Crippen molar-refractivity contribution in [3.8, 4) is 11.5 Å². The molecule has 0 radical (unpaired) electrons. The van der Waals surface area contributed by atoms with E-state index in [1.807, 2.05) is 33.8 Å². The minimum absolute atomic E-state index is 0.00169. The highest BCUT2D eigenvalue weighted by molar-refractivity contribution is 5.78. The topological polar surface area (TPSA) is 56.8 Å². The number of amides is 1. The molecule has 1 amide bonds. The lowest BCUT2D eigenvalue weighted by molar-refractivity contribution is -0.139. The van der Waals surface area contributed by atoms with Crippen LogP contribution in [0.4, 0.5) is 0 Å². The second-order valence-corrected chi connectivity index (χ2v) is 11.0. The summed E-state index contributed by atoms with van der Waals surface area (Å²) in [6.07, 6.45) is 3.46. The minimum Gasteiger partial charge on any atom is -0.493 e. The van der Waals surface area contributed by atoms with E-state index in [2.05, 4.69) is 31.3 Å². The molecule has 5 nitrogen and oxygen atoms in total. The number of carbonyl (C=O) groups is 1. The van der Waals surface area contributed by atoms with Crippen molar-refractivity contribution >= 4 is 5.91 Å². The third-order valence-electron chi connectivity index (χ3n) is 8.19. The Morgan fingerprint density at radius 2 is 1.94 bits per heavy atom. The van der Waals surface area contributed by atoms with Crippen LogP contribution in [0.3, 0.4) is 0 Å². The van der Waals surface area contributed by atoms with E-state index in [1.165, 1.54) is 6.42 Å². The van der Waals surface area contributed by atoms with Gasteiger partial charge in [-0.3, -0.25) is 4.79 Å². The molecule has 1 N–H and O–H groups in total. The zero-order valence-corrected chi connectivity index (χ0v) is 20.2. The summed E-state index contributed by atoms with van der Waals surface area (Å²) in [5.41, 5.74) is 1.36. The fourth-order valence-corrected chi connectivity index (χ4v) is 6.64. The molecular weight excluding hydrogens is 390 g/mol. The molecule has 1 aromatic rings. The number of nitrogens with one attached hydrogen (secondary N) is 1. The van der Waals surface area contributed by atoms with Crippen molar-refractivity contribution in [1.82, 2.24) is 5.32 Å². The van der Waals surface area contributed by atoms with E-state index in [4.69, 9.17) is 14.2 Å². The molecule has 2 saturated carbocycles. The van der Waals surface area contributed by atoms with E-state index in [0.29, 0.717) is 11.8 Å². The molecule has 172 valence electrons. The molecule has 3 fully saturated rings. The molecule has 1 aliphatic heterocycles. The Labute approximate surface area is 187 Å². The highest BCUT2D eigenvalue weighted by atomic mass is 16.5. The van der Waals surface area contributed by atoms with Gasteiger partial charge < -0.3 is 19.5 Å². The predicted molar refractivity (Wildman–Crippen MR) is 121 cm³/mol. The maximum Gasteiger partial charge on any atom is 0.222 e. The van der Waals surface area contributed by atoms with E-state index in [-0.39, 0.29) is 40.9 Å². The summed E-state index contributed by atoms with van der Waals surface area (Å²) in [5, 5.41) is 3.48. The number of fused-ring (bicyclic) bond motifs is 1. The third-order valence-corrected chi connectivity index (χ3v) is 8.19. The standard InChI is InChI=1S/C26H39NO4/c1-15(2)23(28)27-24-25(5,6)18-13-19-22(30-11-10-26(19,24)14-18)17-8-9-20(31-16(3)4)21(12-17)29-7/h8-9,12,15-16,18-19,22,24H,10-11,13-14H2,1-7H3,(H,27,28)/t18-,19-,22-,24-,26?/m1/s1. The highest BCUT2D eigenvalue weighted by Crippen LogP contribution is 2.70. The van der Waals surface area contributed by atoms with E-state index in [0.717, 1.165) is 36.5 Å². The molecule has 1 aromatic carbocycles. The van der Waals surface area contributed by atoms with Crippen molar-refractivity contribution < 1.29 is 19.0 Å². The molecule has 31 heavy (non-hydrogen) atoms. The van der Waals surface area contributed by atoms with Crippen LogP contribution >= 0.6 is 0 Å². The van der Waals surface area contributed by atoms with Gasteiger partial charge in [0, 0.05) is 18.6 Å². The summed E-state index contributed by atoms with van der Waals surface area (Å²) >= 11 is 0. The Bertz CT molecular complexity index is 833. The van der Waals surface area contributed by atoms with Crippen molar-refractivity contribution in [2.24, 2.45) is 28.6 Å². The first-order valence-electron chi connectivity index (χ1n) is 11.9. The number of benzene rings is 1. The molecule has 4 rings (SSSR count). The van der Waals surface area contributed by atoms with Crippen LogP contribution in [0, 0.1) is 28.6 Å². The Kier molecular flexibility index (Phi) is 5.78. The van der Waals surface area contributed by atoms with Crippen LogP contribution < -0.4 is 14.8 Å². The van der Waals surface area contributed by atoms with Crippen LogP contribution in [0.25, 0.3) is 0 Å². The van der Waals surface area contributed by atoms with Crippen LogP contribution in [0.15, 0.2) is 18.2 Å². The lowest BCUT2D eigenvalue weighted by Gasteiger charge is -2.53. The lowest BCUT2D eigenvalue weighted by atomic mass is 9.58. The second kappa shape index (κ2) is 7.99. The van der Waals surface area contributed by atoms with Crippen LogP contribution in [0.2, 0.25) is 0 Å². The van der Waals surface area contributed by atoms with E-state index < -0.39 is 0 Å². The number of carbonyl (C=O) groups excluding carboxylic acids is 1. The fourth-order valence-electron chi connectivity index (χ4n) is 6.64. The van der Waals surface area contributed by atoms with E-state index in [9.17, 15) is 4.79 Å². The van der Waals surface area contributed by atoms with Gasteiger partial charge in [0.15, 0.2) is 11.5 Å². The smallest absolute Gasteiger partial charge is 0.222 e. The SMILES string of the molecule is COc1cc([C@H]2OCCC34C[C@@H](C[C@H]23)C(C)(C)[C@H]4NC(=O)C(C)C)ccc1OC(C)C. The first-order chi connectivity index (χ1) is 14.6. The lowest BCUT2D eigenvalue weighted by Crippen LogP contribution is -2.59. The maximum atomic E-state index is 12.7. The van der Waals surface area contributed by atoms with Crippen molar-refractivity contribution in [2.45, 2.75) is 79.1 Å². The summed E-state index contributed by atoms with van der Waals surface area (Å²) < 4.78 is 18.0. The number of hydrogen-bond donors (Lipinski definition) is 1. The van der Waals surface area contributed by atoms with Crippen molar-refractivity contribution in [3.05, 3.63) is 23.8 Å². The summed E-state index contributed by atoms with van der Waals surface area (Å²) in [6.45, 7) is 13.4. The first kappa shape index (κ1) is 22.4. The Morgan fingerprint density at radius 1 is 1.19 bits per heavy atom. The molecule has 1 unspecified atom stereocenters. The molecule has 1 heterocycles. The van der Waals surface area contributed by atoms with Gasteiger partial charge >= 0.3 is 0 Å². The van der Waals surface area contributed by atoms with Crippen molar-refractivity contribution in [2.75, 3.05) is 13.7 Å². The fraction of sp³-hybridized carbons (Fsp3) is 0.731. The number of ether oxygens (including phenoxy) is 3. The average molecular weight is 430 g/mol. The molecule has 5 atom stereocenters. The normalized spacial score (nSPS) is 33.5. The third kappa shape index (κ3) is 3.63. The quantitative estimate of drug-likeness (QED) is 0.680. The van der Waals surface area contributed by atoms with Gasteiger partial charge in [-0.05, 0) is 73.5 Å². The molecule has 3 aliphatic rings. The molecule has 2 aliphatic carbocycles. The van der Waals surface area contributed by atoms with Gasteiger partial charge in [-0.2, -0.15) is 0 Å². The summed E-state index contributed by atoms with van der Waals surface area (Å²) in [5.74, 6) is 2.69. The number of methoxy groups -OCH3 is 1. The van der Waals surface area contributed by atoms with Crippen LogP contribution in [0.5, 0.6) is 11.5 Å². The van der Waals surface area contributed by atoms with Gasteiger partial charge in [0.25, 0.3) is 0 Å². The Morgan fingerprint density at radius 3 is 2.58 bits per heavy atom. The second-order valence-electron chi connectivity index (χ2n) is 11.0. The molecule has 2 bridgehead atoms. The summed E-state index contributed by atoms with van der Waals surface area (Å²) in [4.78, 5) is 12.7. The maximum absolute atomic E-state index is 12.7. The van der Waals surface area contributed by atoms with E-state index >= 15 is 0 Å². The zero-order chi connectivity index (χ0) is 22.6. The van der Waals surface area contributed by atoms with Gasteiger partial charge in [0.1, 0.15) is 0 Å². The van der Waals surface area contributed by atoms with Crippen LogP contribution in [0.1, 0.15) is 72.5 Å². The summed E-state index contributed by atoms with van der Waals surface area (Å²) in [7, 11) is 1.69. The minimum atomic E-state index is -0.00169. The van der Waals surface area contributed by atoms with Crippen molar-refractivity contribution in [3.63, 3.8) is 0 Å². The first-order valence-corrected chi connectivity index (χ1v) is 11.9. The molecule has 1 saturated heterocycles. The van der Waals surface area contributed by atoms with E-state index in [1.54, 1.807) is 7.11 Å². The predicted octanol–water partition coefficient (Wildman–Crippen LogP) is 5.14. The molecule has 5 heteroatoms. The van der Waals surface area contributed by atoms with Gasteiger partial charge in [-0.1, -0.05) is 33.8 Å². The average Bonchev–Trinajstić information content (AvgIpc) is 3.20. The van der Waals surface area contributed by atoms with Gasteiger partial charge in [-0.25, -0.2) is 0 Å². The van der Waals surface area contributed by atoms with Gasteiger partial charge in [0.2, 0.25) is 5.91 Å². The number of rotatable bonds is 6. The monoisotopic (exact) mass is 429 g/mol. The summed E-state index contributed by atoms with van der Waals surface area (Å²) in [6, 6.07) is 6.41. The molecular formula is C26H39NO4. The van der Waals surface area contributed by atoms with Gasteiger partial charge in [-0.15, -0.1) is 0 Å².